The summed E-state index contributed by atoms with van der Waals surface area (Å²) in [5.41, 5.74) is 6.83. The summed E-state index contributed by atoms with van der Waals surface area (Å²) in [5, 5.41) is 2.63. The molecule has 0 saturated carbocycles. The summed E-state index contributed by atoms with van der Waals surface area (Å²) in [6.07, 6.45) is 0. The molecule has 0 heterocycles. The van der Waals surface area contributed by atoms with Crippen molar-refractivity contribution in [1.29, 1.82) is 0 Å². The summed E-state index contributed by atoms with van der Waals surface area (Å²) < 4.78 is 0. The maximum absolute atomic E-state index is 12.4. The van der Waals surface area contributed by atoms with Crippen LogP contribution in [-0.2, 0) is 16.1 Å². The lowest BCUT2D eigenvalue weighted by Crippen LogP contribution is -2.48. The van der Waals surface area contributed by atoms with Crippen LogP contribution in [0.4, 0.5) is 0 Å². The molecule has 0 unspecified atom stereocenters. The highest BCUT2D eigenvalue weighted by atomic mass is 16.2. The van der Waals surface area contributed by atoms with Crippen molar-refractivity contribution in [1.82, 2.24) is 10.2 Å². The Hall–Kier alpha value is -1.88. The van der Waals surface area contributed by atoms with Crippen LogP contribution in [0.2, 0.25) is 0 Å². The van der Waals surface area contributed by atoms with Crippen molar-refractivity contribution in [2.45, 2.75) is 46.3 Å². The van der Waals surface area contributed by atoms with Crippen molar-refractivity contribution in [3.05, 3.63) is 35.9 Å². The quantitative estimate of drug-likeness (QED) is 0.802. The van der Waals surface area contributed by atoms with Gasteiger partial charge in [0.2, 0.25) is 11.8 Å². The third-order valence-electron chi connectivity index (χ3n) is 3.57. The van der Waals surface area contributed by atoms with E-state index in [0.29, 0.717) is 6.54 Å². The van der Waals surface area contributed by atoms with Crippen LogP contribution in [0.25, 0.3) is 0 Å². The molecule has 2 amide bonds. The van der Waals surface area contributed by atoms with Crippen molar-refractivity contribution in [3.8, 4) is 0 Å². The molecule has 0 spiro atoms. The van der Waals surface area contributed by atoms with E-state index < -0.39 is 6.04 Å². The van der Waals surface area contributed by atoms with E-state index >= 15 is 0 Å². The predicted molar refractivity (Wildman–Crippen MR) is 88.0 cm³/mol. The van der Waals surface area contributed by atoms with Gasteiger partial charge in [0.15, 0.2) is 0 Å². The Bertz CT molecular complexity index is 486. The lowest BCUT2D eigenvalue weighted by atomic mass is 10.1. The number of carbonyl (C=O) groups is 2. The average Bonchev–Trinajstić information content (AvgIpc) is 2.49. The number of nitrogens with one attached hydrogen (secondary N) is 1. The van der Waals surface area contributed by atoms with Crippen LogP contribution in [0.15, 0.2) is 30.3 Å². The van der Waals surface area contributed by atoms with Crippen LogP contribution in [0.5, 0.6) is 0 Å². The zero-order valence-corrected chi connectivity index (χ0v) is 13.9. The first-order valence-electron chi connectivity index (χ1n) is 7.69. The Kier molecular flexibility index (Phi) is 7.05. The normalized spacial score (nSPS) is 12.3. The van der Waals surface area contributed by atoms with Crippen LogP contribution in [0, 0.1) is 5.92 Å². The number of rotatable bonds is 7. The lowest BCUT2D eigenvalue weighted by molar-refractivity contribution is -0.135. The van der Waals surface area contributed by atoms with E-state index in [2.05, 4.69) is 5.32 Å². The molecule has 122 valence electrons. The van der Waals surface area contributed by atoms with Gasteiger partial charge >= 0.3 is 0 Å². The van der Waals surface area contributed by atoms with E-state index in [-0.39, 0.29) is 30.3 Å². The molecular weight excluding hydrogens is 278 g/mol. The molecule has 22 heavy (non-hydrogen) atoms. The molecule has 5 heteroatoms. The lowest BCUT2D eigenvalue weighted by Gasteiger charge is -2.27. The van der Waals surface area contributed by atoms with Crippen LogP contribution in [0.3, 0.4) is 0 Å². The molecular formula is C17H27N3O2. The largest absolute Gasteiger partial charge is 0.346 e. The molecule has 3 N–H and O–H groups in total. The summed E-state index contributed by atoms with van der Waals surface area (Å²) >= 11 is 0. The summed E-state index contributed by atoms with van der Waals surface area (Å²) in [6.45, 7) is 8.18. The molecule has 1 atom stereocenters. The van der Waals surface area contributed by atoms with E-state index in [1.165, 1.54) is 0 Å². The van der Waals surface area contributed by atoms with Crippen molar-refractivity contribution in [3.63, 3.8) is 0 Å². The first kappa shape index (κ1) is 18.2. The molecule has 1 aromatic carbocycles. The van der Waals surface area contributed by atoms with Crippen molar-refractivity contribution >= 4 is 11.8 Å². The first-order valence-corrected chi connectivity index (χ1v) is 7.69. The number of hydrogen-bond donors (Lipinski definition) is 2. The minimum Gasteiger partial charge on any atom is -0.346 e. The van der Waals surface area contributed by atoms with Crippen LogP contribution in [-0.4, -0.2) is 35.3 Å². The number of amides is 2. The van der Waals surface area contributed by atoms with Gasteiger partial charge in [0, 0.05) is 12.6 Å². The third kappa shape index (κ3) is 5.48. The van der Waals surface area contributed by atoms with Crippen LogP contribution >= 0.6 is 0 Å². The first-order chi connectivity index (χ1) is 10.3. The second-order valence-electron chi connectivity index (χ2n) is 6.09. The predicted octanol–water partition coefficient (Wildman–Crippen LogP) is 1.52. The van der Waals surface area contributed by atoms with Gasteiger partial charge in [-0.1, -0.05) is 44.2 Å². The van der Waals surface area contributed by atoms with Crippen molar-refractivity contribution in [2.24, 2.45) is 11.7 Å². The van der Waals surface area contributed by atoms with Crippen molar-refractivity contribution < 1.29 is 9.59 Å². The van der Waals surface area contributed by atoms with Gasteiger partial charge in [-0.25, -0.2) is 0 Å². The van der Waals surface area contributed by atoms with E-state index in [1.54, 1.807) is 4.90 Å². The molecule has 5 nitrogen and oxygen atoms in total. The molecule has 1 rings (SSSR count). The smallest absolute Gasteiger partial charge is 0.242 e. The van der Waals surface area contributed by atoms with Crippen LogP contribution in [0.1, 0.15) is 33.3 Å². The van der Waals surface area contributed by atoms with Gasteiger partial charge in [0.05, 0.1) is 12.6 Å². The molecule has 0 bridgehead atoms. The average molecular weight is 305 g/mol. The van der Waals surface area contributed by atoms with E-state index in [0.717, 1.165) is 5.56 Å². The number of carbonyl (C=O) groups excluding carboxylic acids is 2. The molecule has 1 aromatic rings. The SMILES string of the molecule is CC(C)[C@H](N)C(=O)NCC(=O)N(Cc1ccccc1)C(C)C. The van der Waals surface area contributed by atoms with Crippen molar-refractivity contribution in [2.75, 3.05) is 6.54 Å². The number of hydrogen-bond acceptors (Lipinski definition) is 3. The van der Waals surface area contributed by atoms with Gasteiger partial charge in [-0.15, -0.1) is 0 Å². The summed E-state index contributed by atoms with van der Waals surface area (Å²) in [5.74, 6) is -0.351. The van der Waals surface area contributed by atoms with E-state index in [1.807, 2.05) is 58.0 Å². The van der Waals surface area contributed by atoms with Gasteiger partial charge < -0.3 is 16.0 Å². The monoisotopic (exact) mass is 305 g/mol. The molecule has 0 aliphatic carbocycles. The summed E-state index contributed by atoms with van der Waals surface area (Å²) in [4.78, 5) is 25.9. The van der Waals surface area contributed by atoms with Gasteiger partial charge in [-0.05, 0) is 25.3 Å². The second kappa shape index (κ2) is 8.54. The second-order valence-corrected chi connectivity index (χ2v) is 6.09. The molecule has 0 fully saturated rings. The zero-order valence-electron chi connectivity index (χ0n) is 13.9. The highest BCUT2D eigenvalue weighted by molar-refractivity contribution is 5.87. The molecule has 0 aliphatic heterocycles. The molecule has 0 radical (unpaired) electrons. The standard InChI is InChI=1S/C17H27N3O2/c1-12(2)16(18)17(22)19-10-15(21)20(13(3)4)11-14-8-6-5-7-9-14/h5-9,12-13,16H,10-11,18H2,1-4H3,(H,19,22)/t16-/m0/s1. The maximum atomic E-state index is 12.4. The highest BCUT2D eigenvalue weighted by Gasteiger charge is 2.21. The number of nitrogens with two attached hydrogens (primary N) is 1. The fraction of sp³-hybridized carbons (Fsp3) is 0.529. The summed E-state index contributed by atoms with van der Waals surface area (Å²) in [6, 6.07) is 9.27. The molecule has 0 aromatic heterocycles. The van der Waals surface area contributed by atoms with Gasteiger partial charge in [0.25, 0.3) is 0 Å². The van der Waals surface area contributed by atoms with E-state index in [4.69, 9.17) is 5.73 Å². The molecule has 0 aliphatic rings. The Morgan fingerprint density at radius 3 is 2.23 bits per heavy atom. The Morgan fingerprint density at radius 1 is 1.14 bits per heavy atom. The maximum Gasteiger partial charge on any atom is 0.242 e. The Morgan fingerprint density at radius 2 is 1.73 bits per heavy atom. The Balaban J connectivity index is 2.61. The van der Waals surface area contributed by atoms with Gasteiger partial charge in [-0.3, -0.25) is 9.59 Å². The highest BCUT2D eigenvalue weighted by Crippen LogP contribution is 2.08. The zero-order chi connectivity index (χ0) is 16.7. The minimum absolute atomic E-state index is 0.0235. The number of benzene rings is 1. The molecule has 0 saturated heterocycles. The van der Waals surface area contributed by atoms with Crippen LogP contribution < -0.4 is 11.1 Å². The van der Waals surface area contributed by atoms with Gasteiger partial charge in [0.1, 0.15) is 0 Å². The van der Waals surface area contributed by atoms with Gasteiger partial charge in [-0.2, -0.15) is 0 Å². The topological polar surface area (TPSA) is 75.4 Å². The fourth-order valence-corrected chi connectivity index (χ4v) is 2.02. The third-order valence-corrected chi connectivity index (χ3v) is 3.57. The summed E-state index contributed by atoms with van der Waals surface area (Å²) in [7, 11) is 0. The van der Waals surface area contributed by atoms with E-state index in [9.17, 15) is 9.59 Å². The fourth-order valence-electron chi connectivity index (χ4n) is 2.02. The minimum atomic E-state index is -0.588. The Labute approximate surface area is 132 Å². The number of nitrogens with zero attached hydrogens (tertiary/aromatic N) is 1.